The van der Waals surface area contributed by atoms with Gasteiger partial charge in [-0.2, -0.15) is 5.10 Å². The van der Waals surface area contributed by atoms with Crippen LogP contribution in [0.5, 0.6) is 0 Å². The second kappa shape index (κ2) is 7.10. The van der Waals surface area contributed by atoms with Gasteiger partial charge in [-0.05, 0) is 52.0 Å². The number of aromatic nitrogens is 3. The molecule has 3 fully saturated rings. The Bertz CT molecular complexity index is 513. The average molecular weight is 333 g/mol. The van der Waals surface area contributed by atoms with Crippen molar-refractivity contribution in [3.8, 4) is 0 Å². The van der Waals surface area contributed by atoms with E-state index in [1.54, 1.807) is 6.33 Å². The topological polar surface area (TPSA) is 46.4 Å². The number of hydrogen-bond donors (Lipinski definition) is 0. The van der Waals surface area contributed by atoms with Gasteiger partial charge in [0.2, 0.25) is 0 Å². The maximum atomic E-state index is 5.55. The smallest absolute Gasteiger partial charge is 0.137 e. The normalized spacial score (nSPS) is 33.2. The molecule has 3 aliphatic heterocycles. The number of nitrogens with zero attached hydrogens (tertiary/aromatic N) is 5. The third kappa shape index (κ3) is 3.24. The van der Waals surface area contributed by atoms with Gasteiger partial charge in [0.25, 0.3) is 0 Å². The number of piperidine rings is 1. The minimum absolute atomic E-state index is 0.594. The molecule has 3 aliphatic rings. The van der Waals surface area contributed by atoms with Gasteiger partial charge in [0.05, 0.1) is 6.54 Å². The van der Waals surface area contributed by atoms with Crippen molar-refractivity contribution in [3.63, 3.8) is 0 Å². The summed E-state index contributed by atoms with van der Waals surface area (Å²) in [6, 6.07) is 2.69. The Hall–Kier alpha value is -0.980. The lowest BCUT2D eigenvalue weighted by molar-refractivity contribution is 0.00356. The molecule has 0 radical (unpaired) electrons. The number of fused-ring (bicyclic) bond motifs is 1. The van der Waals surface area contributed by atoms with Gasteiger partial charge in [0.15, 0.2) is 0 Å². The summed E-state index contributed by atoms with van der Waals surface area (Å²) in [6.07, 6.45) is 8.54. The molecule has 24 heavy (non-hydrogen) atoms. The second-order valence-corrected chi connectivity index (χ2v) is 8.00. The van der Waals surface area contributed by atoms with E-state index in [9.17, 15) is 0 Å². The SMILES string of the molecule is CC(C)N1[C@H](Cn2cncn2)C[C@@H]2CN(C3CCOCC3)CC[C@@H]21. The quantitative estimate of drug-likeness (QED) is 0.838. The lowest BCUT2D eigenvalue weighted by Crippen LogP contribution is -2.52. The molecule has 0 N–H and O–H groups in total. The van der Waals surface area contributed by atoms with Crippen LogP contribution in [0.1, 0.15) is 39.5 Å². The molecule has 0 unspecified atom stereocenters. The fourth-order valence-corrected chi connectivity index (χ4v) is 5.31. The maximum absolute atomic E-state index is 5.55. The number of rotatable bonds is 4. The molecule has 6 heteroatoms. The monoisotopic (exact) mass is 333 g/mol. The Kier molecular flexibility index (Phi) is 4.88. The highest BCUT2D eigenvalue weighted by atomic mass is 16.5. The molecule has 0 saturated carbocycles. The van der Waals surface area contributed by atoms with E-state index < -0.39 is 0 Å². The van der Waals surface area contributed by atoms with Crippen LogP contribution in [0, 0.1) is 5.92 Å². The van der Waals surface area contributed by atoms with Crippen LogP contribution in [0.4, 0.5) is 0 Å². The molecule has 1 aromatic heterocycles. The first-order valence-electron chi connectivity index (χ1n) is 9.64. The molecule has 0 amide bonds. The van der Waals surface area contributed by atoms with Crippen molar-refractivity contribution in [2.75, 3.05) is 26.3 Å². The highest BCUT2D eigenvalue weighted by Gasteiger charge is 2.45. The largest absolute Gasteiger partial charge is 0.381 e. The van der Waals surface area contributed by atoms with Gasteiger partial charge in [0.1, 0.15) is 12.7 Å². The predicted octanol–water partition coefficient (Wildman–Crippen LogP) is 1.63. The van der Waals surface area contributed by atoms with Crippen LogP contribution in [-0.2, 0) is 11.3 Å². The summed E-state index contributed by atoms with van der Waals surface area (Å²) in [7, 11) is 0. The van der Waals surface area contributed by atoms with Crippen molar-refractivity contribution < 1.29 is 4.74 Å². The summed E-state index contributed by atoms with van der Waals surface area (Å²) < 4.78 is 7.56. The molecule has 0 spiro atoms. The van der Waals surface area contributed by atoms with Crippen LogP contribution in [0.25, 0.3) is 0 Å². The van der Waals surface area contributed by atoms with E-state index in [0.29, 0.717) is 12.1 Å². The van der Waals surface area contributed by atoms with Crippen molar-refractivity contribution in [1.82, 2.24) is 24.6 Å². The van der Waals surface area contributed by atoms with Crippen LogP contribution in [-0.4, -0.2) is 75.0 Å². The average Bonchev–Trinajstić information content (AvgIpc) is 3.22. The molecule has 134 valence electrons. The molecule has 0 bridgehead atoms. The zero-order valence-corrected chi connectivity index (χ0v) is 15.0. The van der Waals surface area contributed by atoms with Crippen LogP contribution >= 0.6 is 0 Å². The molecule has 1 aromatic rings. The van der Waals surface area contributed by atoms with Crippen LogP contribution in [0.15, 0.2) is 12.7 Å². The van der Waals surface area contributed by atoms with E-state index in [2.05, 4.69) is 33.7 Å². The lowest BCUT2D eigenvalue weighted by Gasteiger charge is -2.44. The van der Waals surface area contributed by atoms with Crippen LogP contribution < -0.4 is 0 Å². The molecule has 4 rings (SSSR count). The van der Waals surface area contributed by atoms with Gasteiger partial charge in [-0.3, -0.25) is 14.5 Å². The molecular formula is C18H31N5O. The van der Waals surface area contributed by atoms with E-state index in [1.807, 2.05) is 11.0 Å². The third-order valence-corrected chi connectivity index (χ3v) is 6.27. The van der Waals surface area contributed by atoms with Gasteiger partial charge in [-0.15, -0.1) is 0 Å². The summed E-state index contributed by atoms with van der Waals surface area (Å²) in [5, 5.41) is 4.33. The molecule has 4 heterocycles. The number of likely N-dealkylation sites (tertiary alicyclic amines) is 2. The molecule has 3 atom stereocenters. The Morgan fingerprint density at radius 2 is 2.04 bits per heavy atom. The lowest BCUT2D eigenvalue weighted by atomic mass is 9.90. The number of ether oxygens (including phenoxy) is 1. The van der Waals surface area contributed by atoms with E-state index in [1.165, 1.54) is 38.8 Å². The summed E-state index contributed by atoms with van der Waals surface area (Å²) in [4.78, 5) is 9.65. The second-order valence-electron chi connectivity index (χ2n) is 8.00. The van der Waals surface area contributed by atoms with Crippen LogP contribution in [0.3, 0.4) is 0 Å². The summed E-state index contributed by atoms with van der Waals surface area (Å²) in [6.45, 7) is 10.1. The minimum atomic E-state index is 0.594. The first kappa shape index (κ1) is 16.5. The van der Waals surface area contributed by atoms with Crippen molar-refractivity contribution in [2.45, 2.75) is 70.2 Å². The summed E-state index contributed by atoms with van der Waals surface area (Å²) >= 11 is 0. The van der Waals surface area contributed by atoms with Gasteiger partial charge in [0, 0.05) is 43.9 Å². The van der Waals surface area contributed by atoms with E-state index in [4.69, 9.17) is 4.74 Å². The molecular weight excluding hydrogens is 302 g/mol. The minimum Gasteiger partial charge on any atom is -0.381 e. The van der Waals surface area contributed by atoms with Crippen molar-refractivity contribution in [3.05, 3.63) is 12.7 Å². The Labute approximate surface area is 145 Å². The van der Waals surface area contributed by atoms with Crippen LogP contribution in [0.2, 0.25) is 0 Å². The standard InChI is InChI=1S/C18H31N5O/c1-14(2)23-17(11-22-13-19-12-20-22)9-15-10-21(6-3-18(15)23)16-4-7-24-8-5-16/h12-18H,3-11H2,1-2H3/t15-,17+,18+/m1/s1. The number of hydrogen-bond acceptors (Lipinski definition) is 5. The van der Waals surface area contributed by atoms with Gasteiger partial charge in [-0.1, -0.05) is 0 Å². The summed E-state index contributed by atoms with van der Waals surface area (Å²) in [5.74, 6) is 0.803. The highest BCUT2D eigenvalue weighted by molar-refractivity contribution is 5.00. The Balaban J connectivity index is 1.44. The zero-order valence-electron chi connectivity index (χ0n) is 15.0. The first-order chi connectivity index (χ1) is 11.7. The van der Waals surface area contributed by atoms with Crippen molar-refractivity contribution in [1.29, 1.82) is 0 Å². The van der Waals surface area contributed by atoms with Gasteiger partial charge < -0.3 is 4.74 Å². The predicted molar refractivity (Wildman–Crippen MR) is 92.7 cm³/mol. The molecule has 0 aliphatic carbocycles. The third-order valence-electron chi connectivity index (χ3n) is 6.27. The van der Waals surface area contributed by atoms with Gasteiger partial charge >= 0.3 is 0 Å². The molecule has 0 aromatic carbocycles. The summed E-state index contributed by atoms with van der Waals surface area (Å²) in [5.41, 5.74) is 0. The van der Waals surface area contributed by atoms with Gasteiger partial charge in [-0.25, -0.2) is 4.98 Å². The molecule has 3 saturated heterocycles. The fourth-order valence-electron chi connectivity index (χ4n) is 5.31. The zero-order chi connectivity index (χ0) is 16.5. The van der Waals surface area contributed by atoms with E-state index in [0.717, 1.165) is 37.8 Å². The van der Waals surface area contributed by atoms with Crippen molar-refractivity contribution in [2.24, 2.45) is 5.92 Å². The van der Waals surface area contributed by atoms with E-state index >= 15 is 0 Å². The Morgan fingerprint density at radius 1 is 1.21 bits per heavy atom. The Morgan fingerprint density at radius 3 is 2.75 bits per heavy atom. The highest BCUT2D eigenvalue weighted by Crippen LogP contribution is 2.38. The van der Waals surface area contributed by atoms with Crippen molar-refractivity contribution >= 4 is 0 Å². The fraction of sp³-hybridized carbons (Fsp3) is 0.889. The van der Waals surface area contributed by atoms with E-state index in [-0.39, 0.29) is 0 Å². The molecule has 6 nitrogen and oxygen atoms in total. The first-order valence-corrected chi connectivity index (χ1v) is 9.64. The maximum Gasteiger partial charge on any atom is 0.137 e.